The Balaban J connectivity index is 2.14. The lowest BCUT2D eigenvalue weighted by Crippen LogP contribution is -2.27. The fourth-order valence-corrected chi connectivity index (χ4v) is 3.93. The van der Waals surface area contributed by atoms with Gasteiger partial charge in [-0.15, -0.1) is 0 Å². The summed E-state index contributed by atoms with van der Waals surface area (Å²) in [5.41, 5.74) is 12.8. The number of hydrogen-bond donors (Lipinski definition) is 1. The minimum Gasteiger partial charge on any atom is -0.330 e. The minimum absolute atomic E-state index is 0.00975. The van der Waals surface area contributed by atoms with E-state index < -0.39 is 0 Å². The molecule has 0 radical (unpaired) electrons. The lowest BCUT2D eigenvalue weighted by molar-refractivity contribution is 0.338. The Kier molecular flexibility index (Phi) is 4.57. The third-order valence-corrected chi connectivity index (χ3v) is 5.34. The molecular formula is C22H33N3. The van der Waals surface area contributed by atoms with Gasteiger partial charge >= 0.3 is 0 Å². The normalized spacial score (nSPS) is 18.3. The summed E-state index contributed by atoms with van der Waals surface area (Å²) >= 11 is 0. The van der Waals surface area contributed by atoms with Crippen molar-refractivity contribution in [3.05, 3.63) is 41.1 Å². The molecule has 1 aliphatic rings. The van der Waals surface area contributed by atoms with Crippen LogP contribution in [0, 0.1) is 0 Å². The molecule has 3 nitrogen and oxygen atoms in total. The maximum absolute atomic E-state index is 6.13. The average molecular weight is 340 g/mol. The number of hydrogen-bond acceptors (Lipinski definition) is 2. The van der Waals surface area contributed by atoms with Gasteiger partial charge in [0.25, 0.3) is 0 Å². The second-order valence-electron chi connectivity index (χ2n) is 9.44. The molecule has 0 amide bonds. The van der Waals surface area contributed by atoms with E-state index in [1.165, 1.54) is 35.2 Å². The first kappa shape index (κ1) is 18.2. The summed E-state index contributed by atoms with van der Waals surface area (Å²) in [5.74, 6) is 0.428. The summed E-state index contributed by atoms with van der Waals surface area (Å²) < 4.78 is 2.25. The Morgan fingerprint density at radius 3 is 2.24 bits per heavy atom. The van der Waals surface area contributed by atoms with E-state index in [9.17, 15) is 0 Å². The molecule has 1 aromatic heterocycles. The molecule has 2 aromatic rings. The molecule has 3 rings (SSSR count). The highest BCUT2D eigenvalue weighted by Crippen LogP contribution is 2.40. The van der Waals surface area contributed by atoms with E-state index in [4.69, 9.17) is 10.8 Å². The highest BCUT2D eigenvalue weighted by Gasteiger charge is 2.31. The predicted octanol–water partition coefficient (Wildman–Crippen LogP) is 4.98. The lowest BCUT2D eigenvalue weighted by atomic mass is 9.82. The molecule has 0 fully saturated rings. The fraction of sp³-hybridized carbons (Fsp3) is 0.591. The van der Waals surface area contributed by atoms with Crippen molar-refractivity contribution in [1.29, 1.82) is 0 Å². The first-order valence-corrected chi connectivity index (χ1v) is 9.56. The van der Waals surface area contributed by atoms with Crippen LogP contribution in [0.2, 0.25) is 0 Å². The van der Waals surface area contributed by atoms with E-state index in [0.717, 1.165) is 12.1 Å². The number of nitrogens with zero attached hydrogens (tertiary/aromatic N) is 2. The van der Waals surface area contributed by atoms with Gasteiger partial charge in [-0.2, -0.15) is 5.10 Å². The van der Waals surface area contributed by atoms with Crippen molar-refractivity contribution in [2.24, 2.45) is 5.73 Å². The smallest absolute Gasteiger partial charge is 0.0961 e. The van der Waals surface area contributed by atoms with Gasteiger partial charge in [0.05, 0.1) is 11.2 Å². The molecule has 1 heterocycles. The van der Waals surface area contributed by atoms with Crippen molar-refractivity contribution < 1.29 is 0 Å². The number of nitrogens with two attached hydrogens (primary N) is 1. The first-order chi connectivity index (χ1) is 11.6. The van der Waals surface area contributed by atoms with Gasteiger partial charge in [0.1, 0.15) is 0 Å². The zero-order valence-electron chi connectivity index (χ0n) is 16.7. The number of rotatable bonds is 2. The van der Waals surface area contributed by atoms with Crippen LogP contribution >= 0.6 is 0 Å². The summed E-state index contributed by atoms with van der Waals surface area (Å²) in [4.78, 5) is 0. The SMILES string of the molecule is CC(C)(C)c1ccc(-c2nn(C(C)(C)C)c3c2C(CN)CCC3)cc1. The van der Waals surface area contributed by atoms with Gasteiger partial charge in [-0.25, -0.2) is 0 Å². The van der Waals surface area contributed by atoms with Gasteiger partial charge < -0.3 is 5.73 Å². The van der Waals surface area contributed by atoms with E-state index in [-0.39, 0.29) is 11.0 Å². The molecule has 0 spiro atoms. The summed E-state index contributed by atoms with van der Waals surface area (Å²) in [7, 11) is 0. The minimum atomic E-state index is -0.00975. The molecule has 3 heteroatoms. The van der Waals surface area contributed by atoms with Gasteiger partial charge in [-0.05, 0) is 57.6 Å². The van der Waals surface area contributed by atoms with E-state index >= 15 is 0 Å². The van der Waals surface area contributed by atoms with E-state index in [0.29, 0.717) is 12.5 Å². The first-order valence-electron chi connectivity index (χ1n) is 9.56. The van der Waals surface area contributed by atoms with Crippen LogP contribution in [0.3, 0.4) is 0 Å². The molecule has 0 saturated heterocycles. The van der Waals surface area contributed by atoms with Gasteiger partial charge in [-0.1, -0.05) is 45.0 Å². The fourth-order valence-electron chi connectivity index (χ4n) is 3.93. The Labute approximate surface area is 152 Å². The Morgan fingerprint density at radius 1 is 1.08 bits per heavy atom. The van der Waals surface area contributed by atoms with Gasteiger partial charge in [0.2, 0.25) is 0 Å². The summed E-state index contributed by atoms with van der Waals surface area (Å²) in [5, 5.41) is 5.08. The molecule has 1 unspecified atom stereocenters. The number of aromatic nitrogens is 2. The zero-order chi connectivity index (χ0) is 18.4. The predicted molar refractivity (Wildman–Crippen MR) is 106 cm³/mol. The van der Waals surface area contributed by atoms with Crippen molar-refractivity contribution >= 4 is 0 Å². The molecule has 25 heavy (non-hydrogen) atoms. The molecule has 0 aliphatic heterocycles. The molecule has 0 bridgehead atoms. The Morgan fingerprint density at radius 2 is 1.72 bits per heavy atom. The third-order valence-electron chi connectivity index (χ3n) is 5.34. The van der Waals surface area contributed by atoms with Crippen LogP contribution in [0.5, 0.6) is 0 Å². The summed E-state index contributed by atoms with van der Waals surface area (Å²) in [6.07, 6.45) is 3.49. The van der Waals surface area contributed by atoms with Crippen LogP contribution in [-0.2, 0) is 17.4 Å². The zero-order valence-corrected chi connectivity index (χ0v) is 16.7. The van der Waals surface area contributed by atoms with Crippen molar-refractivity contribution in [3.63, 3.8) is 0 Å². The average Bonchev–Trinajstić information content (AvgIpc) is 2.94. The Bertz CT molecular complexity index is 739. The van der Waals surface area contributed by atoms with Gasteiger partial charge in [0, 0.05) is 22.7 Å². The van der Waals surface area contributed by atoms with Gasteiger partial charge in [0.15, 0.2) is 0 Å². The van der Waals surface area contributed by atoms with Crippen LogP contribution in [0.25, 0.3) is 11.3 Å². The quantitative estimate of drug-likeness (QED) is 0.838. The van der Waals surface area contributed by atoms with E-state index in [1.54, 1.807) is 0 Å². The molecule has 136 valence electrons. The van der Waals surface area contributed by atoms with E-state index in [1.807, 2.05) is 0 Å². The summed E-state index contributed by atoms with van der Waals surface area (Å²) in [6, 6.07) is 8.97. The van der Waals surface area contributed by atoms with E-state index in [2.05, 4.69) is 70.5 Å². The second-order valence-corrected chi connectivity index (χ2v) is 9.44. The molecule has 2 N–H and O–H groups in total. The molecule has 1 aromatic carbocycles. The number of benzene rings is 1. The largest absolute Gasteiger partial charge is 0.330 e. The van der Waals surface area contributed by atoms with Crippen LogP contribution in [0.4, 0.5) is 0 Å². The van der Waals surface area contributed by atoms with Crippen molar-refractivity contribution in [1.82, 2.24) is 9.78 Å². The second kappa shape index (κ2) is 6.28. The molecule has 1 aliphatic carbocycles. The highest BCUT2D eigenvalue weighted by molar-refractivity contribution is 5.66. The maximum Gasteiger partial charge on any atom is 0.0961 e. The van der Waals surface area contributed by atoms with Crippen molar-refractivity contribution in [2.75, 3.05) is 6.54 Å². The molecular weight excluding hydrogens is 306 g/mol. The highest BCUT2D eigenvalue weighted by atomic mass is 15.3. The number of fused-ring (bicyclic) bond motifs is 1. The monoisotopic (exact) mass is 339 g/mol. The standard InChI is InChI=1S/C22H33N3/c1-21(2,3)17-12-10-15(11-13-17)20-19-16(14-23)8-7-9-18(19)25(24-20)22(4,5)6/h10-13,16H,7-9,14,23H2,1-6H3. The topological polar surface area (TPSA) is 43.8 Å². The van der Waals surface area contributed by atoms with Crippen molar-refractivity contribution in [3.8, 4) is 11.3 Å². The molecule has 0 saturated carbocycles. The third kappa shape index (κ3) is 3.39. The van der Waals surface area contributed by atoms with Crippen molar-refractivity contribution in [2.45, 2.75) is 77.7 Å². The Hall–Kier alpha value is -1.61. The maximum atomic E-state index is 6.13. The van der Waals surface area contributed by atoms with Crippen LogP contribution < -0.4 is 5.73 Å². The lowest BCUT2D eigenvalue weighted by Gasteiger charge is -2.27. The summed E-state index contributed by atoms with van der Waals surface area (Å²) in [6.45, 7) is 14.2. The van der Waals surface area contributed by atoms with Crippen LogP contribution in [-0.4, -0.2) is 16.3 Å². The van der Waals surface area contributed by atoms with Crippen LogP contribution in [0.1, 0.15) is 77.1 Å². The van der Waals surface area contributed by atoms with Gasteiger partial charge in [-0.3, -0.25) is 4.68 Å². The molecule has 1 atom stereocenters. The van der Waals surface area contributed by atoms with Crippen LogP contribution in [0.15, 0.2) is 24.3 Å².